The van der Waals surface area contributed by atoms with Gasteiger partial charge in [0.25, 0.3) is 5.91 Å². The third-order valence-electron chi connectivity index (χ3n) is 4.90. The van der Waals surface area contributed by atoms with Gasteiger partial charge in [0.2, 0.25) is 11.8 Å². The van der Waals surface area contributed by atoms with E-state index in [4.69, 9.17) is 0 Å². The molecule has 7 heteroatoms. The largest absolute Gasteiger partial charge is 0.361 e. The van der Waals surface area contributed by atoms with Crippen molar-refractivity contribution in [3.63, 3.8) is 0 Å². The predicted molar refractivity (Wildman–Crippen MR) is 116 cm³/mol. The molecular weight excluding hydrogens is 380 g/mol. The maximum Gasteiger partial charge on any atom is 0.251 e. The predicted octanol–water partition coefficient (Wildman–Crippen LogP) is 2.15. The molecule has 7 nitrogen and oxygen atoms in total. The van der Waals surface area contributed by atoms with Crippen molar-refractivity contribution in [2.75, 3.05) is 6.54 Å². The topological polar surface area (TPSA) is 103 Å². The lowest BCUT2D eigenvalue weighted by Gasteiger charge is -2.18. The summed E-state index contributed by atoms with van der Waals surface area (Å²) in [5.74, 6) is -1.03. The van der Waals surface area contributed by atoms with Crippen LogP contribution < -0.4 is 16.0 Å². The maximum absolute atomic E-state index is 12.3. The Morgan fingerprint density at radius 1 is 0.867 bits per heavy atom. The zero-order chi connectivity index (χ0) is 21.5. The molecule has 2 aromatic carbocycles. The molecule has 156 valence electrons. The Morgan fingerprint density at radius 3 is 2.30 bits per heavy atom. The Bertz CT molecular complexity index is 1030. The molecule has 4 N–H and O–H groups in total. The molecule has 0 radical (unpaired) electrons. The van der Waals surface area contributed by atoms with Crippen molar-refractivity contribution in [1.82, 2.24) is 20.9 Å². The van der Waals surface area contributed by atoms with Gasteiger partial charge in [0.1, 0.15) is 12.1 Å². The molecule has 3 aromatic rings. The molecule has 0 spiro atoms. The van der Waals surface area contributed by atoms with Gasteiger partial charge in [-0.1, -0.05) is 36.4 Å². The molecule has 2 atom stereocenters. The van der Waals surface area contributed by atoms with E-state index in [2.05, 4.69) is 20.9 Å². The Balaban J connectivity index is 1.44. The molecule has 1 heterocycles. The van der Waals surface area contributed by atoms with Gasteiger partial charge in [0.05, 0.1) is 0 Å². The number of fused-ring (bicyclic) bond motifs is 1. The van der Waals surface area contributed by atoms with Crippen LogP contribution in [-0.2, 0) is 16.0 Å². The highest BCUT2D eigenvalue weighted by molar-refractivity contribution is 5.98. The van der Waals surface area contributed by atoms with Gasteiger partial charge in [0.15, 0.2) is 0 Å². The number of hydrogen-bond acceptors (Lipinski definition) is 3. The summed E-state index contributed by atoms with van der Waals surface area (Å²) in [6.07, 6.45) is 2.62. The highest BCUT2D eigenvalue weighted by Crippen LogP contribution is 2.17. The quantitative estimate of drug-likeness (QED) is 0.461. The van der Waals surface area contributed by atoms with E-state index in [0.29, 0.717) is 18.5 Å². The van der Waals surface area contributed by atoms with Crippen LogP contribution in [0.3, 0.4) is 0 Å². The Morgan fingerprint density at radius 2 is 1.53 bits per heavy atom. The third-order valence-corrected chi connectivity index (χ3v) is 4.90. The van der Waals surface area contributed by atoms with Crippen LogP contribution in [0.5, 0.6) is 0 Å². The molecule has 0 unspecified atom stereocenters. The molecule has 0 aliphatic carbocycles. The van der Waals surface area contributed by atoms with Gasteiger partial charge in [-0.25, -0.2) is 0 Å². The fourth-order valence-corrected chi connectivity index (χ4v) is 3.15. The number of amides is 3. The van der Waals surface area contributed by atoms with Gasteiger partial charge >= 0.3 is 0 Å². The van der Waals surface area contributed by atoms with E-state index in [1.54, 1.807) is 38.1 Å². The maximum atomic E-state index is 12.3. The van der Waals surface area contributed by atoms with Crippen LogP contribution in [0.4, 0.5) is 0 Å². The summed E-state index contributed by atoms with van der Waals surface area (Å²) < 4.78 is 0. The summed E-state index contributed by atoms with van der Waals surface area (Å²) in [7, 11) is 0. The lowest BCUT2D eigenvalue weighted by molar-refractivity contribution is -0.129. The van der Waals surface area contributed by atoms with Gasteiger partial charge in [-0.2, -0.15) is 0 Å². The minimum Gasteiger partial charge on any atom is -0.361 e. The first-order valence-corrected chi connectivity index (χ1v) is 9.94. The van der Waals surface area contributed by atoms with E-state index in [1.807, 2.05) is 36.5 Å². The molecule has 3 rings (SSSR count). The average molecular weight is 406 g/mol. The van der Waals surface area contributed by atoms with E-state index >= 15 is 0 Å². The first kappa shape index (κ1) is 21.1. The number of nitrogens with one attached hydrogen (secondary N) is 4. The molecule has 0 bridgehead atoms. The molecule has 3 amide bonds. The van der Waals surface area contributed by atoms with Gasteiger partial charge in [-0.05, 0) is 44.0 Å². The SMILES string of the molecule is C[C@H](NC(=O)c1ccccc1)C(=O)N[C@@H](C)C(=O)NCCc1c[nH]c2ccccc12. The first-order chi connectivity index (χ1) is 14.5. The van der Waals surface area contributed by atoms with Crippen molar-refractivity contribution in [2.24, 2.45) is 0 Å². The number of benzene rings is 2. The van der Waals surface area contributed by atoms with Gasteiger partial charge in [-0.15, -0.1) is 0 Å². The molecule has 1 aromatic heterocycles. The van der Waals surface area contributed by atoms with Crippen molar-refractivity contribution in [2.45, 2.75) is 32.4 Å². The van der Waals surface area contributed by atoms with E-state index in [1.165, 1.54) is 0 Å². The van der Waals surface area contributed by atoms with E-state index in [9.17, 15) is 14.4 Å². The second kappa shape index (κ2) is 9.73. The summed E-state index contributed by atoms with van der Waals surface area (Å²) in [4.78, 5) is 40.0. The Labute approximate surface area is 175 Å². The molecule has 0 aliphatic rings. The monoisotopic (exact) mass is 406 g/mol. The molecule has 0 fully saturated rings. The lowest BCUT2D eigenvalue weighted by Crippen LogP contribution is -2.51. The summed E-state index contributed by atoms with van der Waals surface area (Å²) >= 11 is 0. The number of aromatic amines is 1. The van der Waals surface area contributed by atoms with Crippen LogP contribution in [0.1, 0.15) is 29.8 Å². The second-order valence-corrected chi connectivity index (χ2v) is 7.19. The number of hydrogen-bond donors (Lipinski definition) is 4. The van der Waals surface area contributed by atoms with Crippen LogP contribution >= 0.6 is 0 Å². The van der Waals surface area contributed by atoms with Gasteiger partial charge in [-0.3, -0.25) is 14.4 Å². The normalized spacial score (nSPS) is 12.7. The summed E-state index contributed by atoms with van der Waals surface area (Å²) in [6.45, 7) is 3.66. The zero-order valence-electron chi connectivity index (χ0n) is 17.1. The Hall–Kier alpha value is -3.61. The minimum atomic E-state index is -0.765. The molecule has 0 saturated carbocycles. The van der Waals surface area contributed by atoms with Crippen LogP contribution in [0.15, 0.2) is 60.8 Å². The number of aromatic nitrogens is 1. The van der Waals surface area contributed by atoms with Crippen molar-refractivity contribution >= 4 is 28.6 Å². The summed E-state index contributed by atoms with van der Waals surface area (Å²) in [5, 5.41) is 9.25. The van der Waals surface area contributed by atoms with Crippen LogP contribution in [0.25, 0.3) is 10.9 Å². The number of H-pyrrole nitrogens is 1. The molecule has 30 heavy (non-hydrogen) atoms. The van der Waals surface area contributed by atoms with Gasteiger partial charge in [0, 0.05) is 29.2 Å². The Kier molecular flexibility index (Phi) is 6.85. The number of carbonyl (C=O) groups is 3. The van der Waals surface area contributed by atoms with E-state index < -0.39 is 18.0 Å². The van der Waals surface area contributed by atoms with Crippen LogP contribution in [0.2, 0.25) is 0 Å². The molecular formula is C23H26N4O3. The fourth-order valence-electron chi connectivity index (χ4n) is 3.15. The van der Waals surface area contributed by atoms with Crippen LogP contribution in [0, 0.1) is 0 Å². The van der Waals surface area contributed by atoms with Crippen LogP contribution in [-0.4, -0.2) is 41.3 Å². The minimum absolute atomic E-state index is 0.273. The first-order valence-electron chi connectivity index (χ1n) is 9.94. The summed E-state index contributed by atoms with van der Waals surface area (Å²) in [5.41, 5.74) is 2.66. The summed E-state index contributed by atoms with van der Waals surface area (Å²) in [6, 6.07) is 15.2. The standard InChI is InChI=1S/C23H26N4O3/c1-15(26-22(29)16(2)27-23(30)17-8-4-3-5-9-17)21(28)24-13-12-18-14-25-20-11-7-6-10-19(18)20/h3-11,14-16,25H,12-13H2,1-2H3,(H,24,28)(H,26,29)(H,27,30)/t15-,16-/m0/s1. The highest BCUT2D eigenvalue weighted by Gasteiger charge is 2.21. The van der Waals surface area contributed by atoms with Crippen molar-refractivity contribution in [1.29, 1.82) is 0 Å². The fraction of sp³-hybridized carbons (Fsp3) is 0.261. The number of para-hydroxylation sites is 1. The zero-order valence-corrected chi connectivity index (χ0v) is 17.1. The average Bonchev–Trinajstić information content (AvgIpc) is 3.17. The third kappa shape index (κ3) is 5.26. The smallest absolute Gasteiger partial charge is 0.251 e. The molecule has 0 saturated heterocycles. The highest BCUT2D eigenvalue weighted by atomic mass is 16.2. The van der Waals surface area contributed by atoms with Gasteiger partial charge < -0.3 is 20.9 Å². The lowest BCUT2D eigenvalue weighted by atomic mass is 10.1. The molecule has 0 aliphatic heterocycles. The van der Waals surface area contributed by atoms with Crippen molar-refractivity contribution in [3.05, 3.63) is 71.9 Å². The van der Waals surface area contributed by atoms with E-state index in [-0.39, 0.29) is 11.8 Å². The van der Waals surface area contributed by atoms with Crippen molar-refractivity contribution in [3.8, 4) is 0 Å². The second-order valence-electron chi connectivity index (χ2n) is 7.19. The number of rotatable bonds is 8. The number of carbonyl (C=O) groups excluding carboxylic acids is 3. The van der Waals surface area contributed by atoms with Crippen molar-refractivity contribution < 1.29 is 14.4 Å². The van der Waals surface area contributed by atoms with E-state index in [0.717, 1.165) is 16.5 Å².